The van der Waals surface area contributed by atoms with Crippen molar-refractivity contribution < 1.29 is 4.79 Å². The molecule has 1 heterocycles. The molecule has 0 fully saturated rings. The lowest BCUT2D eigenvalue weighted by molar-refractivity contribution is -0.118. The molecule has 0 aliphatic heterocycles. The Morgan fingerprint density at radius 1 is 0.926 bits per heavy atom. The van der Waals surface area contributed by atoms with E-state index in [0.29, 0.717) is 0 Å². The Hall–Kier alpha value is -2.11. The minimum absolute atomic E-state index is 0. The number of nitrogens with zero attached hydrogens (tertiary/aromatic N) is 4. The Morgan fingerprint density at radius 2 is 1.22 bits per heavy atom. The zero-order valence-electron chi connectivity index (χ0n) is 18.5. The van der Waals surface area contributed by atoms with Gasteiger partial charge >= 0.3 is 0 Å². The van der Waals surface area contributed by atoms with Crippen LogP contribution in [0.15, 0.2) is 34.5 Å². The van der Waals surface area contributed by atoms with Crippen molar-refractivity contribution in [3.63, 3.8) is 0 Å². The fourth-order valence-electron chi connectivity index (χ4n) is 0.621. The number of amides is 1. The van der Waals surface area contributed by atoms with Gasteiger partial charge in [0.2, 0.25) is 5.91 Å². The molecule has 0 saturated heterocycles. The summed E-state index contributed by atoms with van der Waals surface area (Å²) in [5.74, 6) is 1.06. The van der Waals surface area contributed by atoms with E-state index in [1.54, 1.807) is 21.1 Å². The van der Waals surface area contributed by atoms with Gasteiger partial charge in [-0.2, -0.15) is 0 Å². The molecular formula is C21H49N5O. The standard InChI is InChI=1S/C5H12N2.C5H7N.C4H9N.C3H7NO.C2H6.2CH4/c1-5(6-2)7(3)4;1-6-4-2-3-5-6;1-4(2)5-3;1-3(5)4-2;1-2;;/h1-4H3;2-5H,1H3;1-3H3;1-2H3,(H,4,5);1-2H3;2*1H4. The van der Waals surface area contributed by atoms with Gasteiger partial charge in [0.15, 0.2) is 0 Å². The summed E-state index contributed by atoms with van der Waals surface area (Å²) in [5, 5.41) is 2.39. The highest BCUT2D eigenvalue weighted by atomic mass is 16.1. The van der Waals surface area contributed by atoms with Crippen molar-refractivity contribution in [2.75, 3.05) is 35.2 Å². The molecule has 0 unspecified atom stereocenters. The van der Waals surface area contributed by atoms with Crippen LogP contribution in [-0.4, -0.2) is 62.2 Å². The molecule has 0 aromatic carbocycles. The average molecular weight is 388 g/mol. The molecule has 1 aromatic heterocycles. The van der Waals surface area contributed by atoms with Gasteiger partial charge in [-0.3, -0.25) is 14.8 Å². The second-order valence-electron chi connectivity index (χ2n) is 4.99. The number of nitrogens with one attached hydrogen (secondary N) is 1. The van der Waals surface area contributed by atoms with E-state index < -0.39 is 0 Å². The zero-order valence-corrected chi connectivity index (χ0v) is 18.5. The number of carbonyl (C=O) groups is 1. The van der Waals surface area contributed by atoms with Gasteiger partial charge in [-0.05, 0) is 32.9 Å². The normalized spacial score (nSPS) is 7.78. The van der Waals surface area contributed by atoms with Crippen molar-refractivity contribution in [1.29, 1.82) is 0 Å². The number of aliphatic imine (C=N–C) groups is 2. The maximum absolute atomic E-state index is 9.70. The van der Waals surface area contributed by atoms with Crippen LogP contribution in [0, 0.1) is 0 Å². The second-order valence-corrected chi connectivity index (χ2v) is 4.99. The smallest absolute Gasteiger partial charge is 0.216 e. The van der Waals surface area contributed by atoms with Gasteiger partial charge in [0, 0.05) is 67.3 Å². The number of rotatable bonds is 0. The zero-order chi connectivity index (χ0) is 20.8. The monoisotopic (exact) mass is 387 g/mol. The molecule has 27 heavy (non-hydrogen) atoms. The summed E-state index contributed by atoms with van der Waals surface area (Å²) in [4.78, 5) is 19.4. The molecule has 1 rings (SSSR count). The van der Waals surface area contributed by atoms with Crippen LogP contribution in [0.2, 0.25) is 0 Å². The van der Waals surface area contributed by atoms with Crippen molar-refractivity contribution in [1.82, 2.24) is 14.8 Å². The number of hydrogen-bond donors (Lipinski definition) is 1. The Kier molecular flexibility index (Phi) is 46.7. The molecule has 0 spiro atoms. The quantitative estimate of drug-likeness (QED) is 0.515. The second kappa shape index (κ2) is 31.6. The van der Waals surface area contributed by atoms with E-state index >= 15 is 0 Å². The summed E-state index contributed by atoms with van der Waals surface area (Å²) in [5.41, 5.74) is 1.13. The van der Waals surface area contributed by atoms with Crippen LogP contribution < -0.4 is 5.32 Å². The van der Waals surface area contributed by atoms with Gasteiger partial charge in [-0.25, -0.2) is 0 Å². The Bertz CT molecular complexity index is 431. The van der Waals surface area contributed by atoms with Gasteiger partial charge in [0.25, 0.3) is 0 Å². The molecule has 1 amide bonds. The van der Waals surface area contributed by atoms with Crippen LogP contribution in [-0.2, 0) is 11.8 Å². The average Bonchev–Trinajstić information content (AvgIpc) is 3.08. The molecule has 0 aliphatic carbocycles. The third kappa shape index (κ3) is 51.6. The first kappa shape index (κ1) is 39.8. The van der Waals surface area contributed by atoms with Crippen LogP contribution in [0.3, 0.4) is 0 Å². The number of aromatic nitrogens is 1. The molecule has 6 nitrogen and oxygen atoms in total. The molecule has 164 valence electrons. The predicted molar refractivity (Wildman–Crippen MR) is 127 cm³/mol. The van der Waals surface area contributed by atoms with Gasteiger partial charge in [-0.15, -0.1) is 0 Å². The number of amidine groups is 1. The summed E-state index contributed by atoms with van der Waals surface area (Å²) in [6.45, 7) is 11.4. The lowest BCUT2D eigenvalue weighted by Crippen LogP contribution is -2.17. The summed E-state index contributed by atoms with van der Waals surface area (Å²) < 4.78 is 2.00. The largest absolute Gasteiger partial charge is 0.367 e. The highest BCUT2D eigenvalue weighted by Crippen LogP contribution is 1.80. The number of hydrogen-bond acceptors (Lipinski definition) is 3. The summed E-state index contributed by atoms with van der Waals surface area (Å²) in [6.07, 6.45) is 4.00. The van der Waals surface area contributed by atoms with Crippen LogP contribution in [0.1, 0.15) is 56.4 Å². The maximum Gasteiger partial charge on any atom is 0.216 e. The van der Waals surface area contributed by atoms with Crippen LogP contribution in [0.4, 0.5) is 0 Å². The van der Waals surface area contributed by atoms with Crippen molar-refractivity contribution in [3.05, 3.63) is 24.5 Å². The first-order chi connectivity index (χ1) is 11.6. The van der Waals surface area contributed by atoms with Gasteiger partial charge in [-0.1, -0.05) is 28.7 Å². The minimum atomic E-state index is 0. The highest BCUT2D eigenvalue weighted by molar-refractivity contribution is 5.79. The van der Waals surface area contributed by atoms with E-state index in [1.165, 1.54) is 6.92 Å². The van der Waals surface area contributed by atoms with Crippen molar-refractivity contribution in [2.24, 2.45) is 17.0 Å². The number of carbonyl (C=O) groups excluding carboxylic acids is 1. The fourth-order valence-corrected chi connectivity index (χ4v) is 0.621. The minimum Gasteiger partial charge on any atom is -0.367 e. The summed E-state index contributed by atoms with van der Waals surface area (Å²) in [7, 11) is 11.1. The fraction of sp³-hybridized carbons (Fsp3) is 0.667. The van der Waals surface area contributed by atoms with E-state index in [9.17, 15) is 4.79 Å². The first-order valence-corrected chi connectivity index (χ1v) is 8.38. The molecule has 1 aromatic rings. The van der Waals surface area contributed by atoms with Crippen LogP contribution in [0.5, 0.6) is 0 Å². The van der Waals surface area contributed by atoms with Crippen LogP contribution >= 0.6 is 0 Å². The van der Waals surface area contributed by atoms with Gasteiger partial charge < -0.3 is 14.8 Å². The predicted octanol–water partition coefficient (Wildman–Crippen LogP) is 4.77. The molecule has 0 radical (unpaired) electrons. The van der Waals surface area contributed by atoms with E-state index in [4.69, 9.17) is 0 Å². The van der Waals surface area contributed by atoms with Crippen molar-refractivity contribution in [2.45, 2.75) is 56.4 Å². The van der Waals surface area contributed by atoms with E-state index in [2.05, 4.69) is 15.3 Å². The summed E-state index contributed by atoms with van der Waals surface area (Å²) in [6, 6.07) is 4.00. The van der Waals surface area contributed by atoms with E-state index in [-0.39, 0.29) is 20.8 Å². The Labute approximate surface area is 170 Å². The Balaban J connectivity index is -0.0000000519. The van der Waals surface area contributed by atoms with Crippen molar-refractivity contribution >= 4 is 17.5 Å². The molecule has 0 saturated carbocycles. The summed E-state index contributed by atoms with van der Waals surface area (Å²) >= 11 is 0. The van der Waals surface area contributed by atoms with Crippen LogP contribution in [0.25, 0.3) is 0 Å². The lowest BCUT2D eigenvalue weighted by Gasteiger charge is -2.08. The first-order valence-electron chi connectivity index (χ1n) is 8.38. The molecule has 0 atom stereocenters. The molecular weight excluding hydrogens is 338 g/mol. The Morgan fingerprint density at radius 3 is 1.26 bits per heavy atom. The van der Waals surface area contributed by atoms with Gasteiger partial charge in [0.1, 0.15) is 0 Å². The van der Waals surface area contributed by atoms with E-state index in [0.717, 1.165) is 11.5 Å². The van der Waals surface area contributed by atoms with Gasteiger partial charge in [0.05, 0.1) is 5.84 Å². The highest BCUT2D eigenvalue weighted by Gasteiger charge is 1.85. The lowest BCUT2D eigenvalue weighted by atomic mass is 10.5. The molecule has 1 N–H and O–H groups in total. The van der Waals surface area contributed by atoms with Crippen molar-refractivity contribution in [3.8, 4) is 0 Å². The SMILES string of the molecule is C.C.CC.CN=C(C)C.CN=C(C)N(C)C.CNC(C)=O.Cn1cccc1. The molecule has 0 aliphatic rings. The molecule has 0 bridgehead atoms. The topological polar surface area (TPSA) is 62.0 Å². The third-order valence-corrected chi connectivity index (χ3v) is 2.52. The maximum atomic E-state index is 9.70. The number of aryl methyl sites for hydroxylation is 1. The molecule has 6 heteroatoms. The third-order valence-electron chi connectivity index (χ3n) is 2.52. The van der Waals surface area contributed by atoms with E-state index in [1.807, 2.05) is 89.8 Å².